The topological polar surface area (TPSA) is 183 Å². The van der Waals surface area contributed by atoms with Crippen LogP contribution in [0.4, 0.5) is 36.2 Å². The predicted octanol–water partition coefficient (Wildman–Crippen LogP) is 4.48. The molecule has 1 aromatic heterocycles. The minimum absolute atomic E-state index is 0.133. The van der Waals surface area contributed by atoms with Crippen LogP contribution in [0.25, 0.3) is 11.3 Å². The first-order valence-electron chi connectivity index (χ1n) is 12.0. The van der Waals surface area contributed by atoms with Gasteiger partial charge < -0.3 is 21.1 Å². The lowest BCUT2D eigenvalue weighted by atomic mass is 10.1. The van der Waals surface area contributed by atoms with E-state index in [9.17, 15) is 27.6 Å². The van der Waals surface area contributed by atoms with Crippen LogP contribution >= 0.6 is 0 Å². The average Bonchev–Trinajstić information content (AvgIpc) is 2.91. The normalized spacial score (nSPS) is 10.5. The molecule has 3 aromatic rings. The molecule has 0 spiro atoms. The Bertz CT molecular complexity index is 1350. The van der Waals surface area contributed by atoms with Gasteiger partial charge in [-0.3, -0.25) is 19.6 Å². The van der Waals surface area contributed by atoms with E-state index < -0.39 is 18.1 Å². The second-order valence-electron chi connectivity index (χ2n) is 8.32. The number of carboxylic acid groups (broad SMARTS) is 1. The van der Waals surface area contributed by atoms with Crippen LogP contribution in [-0.2, 0) is 19.2 Å². The minimum Gasteiger partial charge on any atom is -0.475 e. The lowest BCUT2D eigenvalue weighted by Crippen LogP contribution is -2.21. The van der Waals surface area contributed by atoms with E-state index >= 15 is 0 Å². The molecule has 218 valence electrons. The Morgan fingerprint density at radius 3 is 2.05 bits per heavy atom. The van der Waals surface area contributed by atoms with Crippen LogP contribution < -0.4 is 21.4 Å². The van der Waals surface area contributed by atoms with E-state index in [4.69, 9.17) is 15.1 Å². The van der Waals surface area contributed by atoms with Crippen molar-refractivity contribution >= 4 is 46.7 Å². The number of halogens is 3. The molecule has 15 heteroatoms. The lowest BCUT2D eigenvalue weighted by Gasteiger charge is -2.10. The molecule has 41 heavy (non-hydrogen) atoms. The molecule has 0 bridgehead atoms. The molecular formula is C26H27F3N6O6. The highest BCUT2D eigenvalue weighted by atomic mass is 19.4. The van der Waals surface area contributed by atoms with Crippen molar-refractivity contribution in [2.75, 3.05) is 16.0 Å². The number of hydrogen-bond donors (Lipinski definition) is 6. The number of nitrogens with zero attached hydrogens (tertiary/aromatic N) is 2. The Morgan fingerprint density at radius 1 is 0.854 bits per heavy atom. The van der Waals surface area contributed by atoms with Gasteiger partial charge in [-0.25, -0.2) is 20.2 Å². The quantitative estimate of drug-likeness (QED) is 0.115. The van der Waals surface area contributed by atoms with Gasteiger partial charge in [0, 0.05) is 48.6 Å². The number of rotatable bonds is 10. The predicted molar refractivity (Wildman–Crippen MR) is 142 cm³/mol. The van der Waals surface area contributed by atoms with Gasteiger partial charge in [0.05, 0.1) is 5.69 Å². The van der Waals surface area contributed by atoms with E-state index in [0.717, 1.165) is 5.56 Å². The molecule has 0 fully saturated rings. The van der Waals surface area contributed by atoms with Crippen LogP contribution in [0.2, 0.25) is 0 Å². The average molecular weight is 577 g/mol. The first-order valence-corrected chi connectivity index (χ1v) is 12.0. The molecule has 1 heterocycles. The number of carboxylic acids is 1. The maximum atomic E-state index is 12.2. The second-order valence-corrected chi connectivity index (χ2v) is 8.32. The minimum atomic E-state index is -5.08. The van der Waals surface area contributed by atoms with Crippen LogP contribution in [0.5, 0.6) is 0 Å². The van der Waals surface area contributed by atoms with Crippen molar-refractivity contribution < 1.29 is 42.7 Å². The smallest absolute Gasteiger partial charge is 0.475 e. The molecule has 3 amide bonds. The van der Waals surface area contributed by atoms with Crippen molar-refractivity contribution in [3.8, 4) is 11.3 Å². The lowest BCUT2D eigenvalue weighted by molar-refractivity contribution is -0.192. The molecule has 2 aromatic carbocycles. The Balaban J connectivity index is 0.000000745. The van der Waals surface area contributed by atoms with E-state index in [2.05, 4.69) is 25.9 Å². The summed E-state index contributed by atoms with van der Waals surface area (Å²) < 4.78 is 31.7. The summed E-state index contributed by atoms with van der Waals surface area (Å²) in [5, 5.41) is 24.3. The number of hydroxylamine groups is 1. The molecule has 6 N–H and O–H groups in total. The fourth-order valence-corrected chi connectivity index (χ4v) is 3.16. The van der Waals surface area contributed by atoms with Crippen LogP contribution in [0.3, 0.4) is 0 Å². The summed E-state index contributed by atoms with van der Waals surface area (Å²) in [4.78, 5) is 52.0. The summed E-state index contributed by atoms with van der Waals surface area (Å²) in [6.45, 7) is 1.46. The zero-order chi connectivity index (χ0) is 30.4. The maximum Gasteiger partial charge on any atom is 0.490 e. The largest absolute Gasteiger partial charge is 0.490 e. The number of nitrogens with one attached hydrogen (secondary N) is 4. The third-order valence-electron chi connectivity index (χ3n) is 4.98. The number of aromatic nitrogens is 2. The second kappa shape index (κ2) is 15.5. The summed E-state index contributed by atoms with van der Waals surface area (Å²) in [6.07, 6.45) is -1.96. The Morgan fingerprint density at radius 2 is 1.46 bits per heavy atom. The molecule has 0 aliphatic heterocycles. The van der Waals surface area contributed by atoms with Crippen LogP contribution in [0.1, 0.15) is 32.6 Å². The number of aliphatic carboxylic acids is 1. The van der Waals surface area contributed by atoms with Gasteiger partial charge in [-0.05, 0) is 49.2 Å². The maximum absolute atomic E-state index is 12.2. The highest BCUT2D eigenvalue weighted by Crippen LogP contribution is 2.23. The van der Waals surface area contributed by atoms with Crippen molar-refractivity contribution in [2.24, 2.45) is 0 Å². The molecule has 0 radical (unpaired) electrons. The standard InChI is InChI=1S/C24H26N6O4.C2HF3O2/c1-16(31)26-18-11-9-17(10-12-18)21-13-14-25-24(29-21)28-20-6-4-5-19(15-20)27-22(32)7-2-3-8-23(33)30-34;3-2(4,5)1(6)7/h4-6,9-15,34H,2-3,7-8H2,1H3,(H,26,31)(H,27,32)(H,30,33)(H,25,28,29);(H,6,7). The number of hydrogen-bond acceptors (Lipinski definition) is 8. The van der Waals surface area contributed by atoms with Gasteiger partial charge in [-0.15, -0.1) is 0 Å². The number of unbranched alkanes of at least 4 members (excludes halogenated alkanes) is 1. The Hall–Kier alpha value is -5.05. The number of carbonyl (C=O) groups excluding carboxylic acids is 3. The Kier molecular flexibility index (Phi) is 12.2. The highest BCUT2D eigenvalue weighted by molar-refractivity contribution is 5.91. The van der Waals surface area contributed by atoms with Gasteiger partial charge in [0.2, 0.25) is 23.7 Å². The van der Waals surface area contributed by atoms with Crippen LogP contribution in [0.15, 0.2) is 60.8 Å². The highest BCUT2D eigenvalue weighted by Gasteiger charge is 2.38. The Labute approximate surface area is 232 Å². The van der Waals surface area contributed by atoms with Gasteiger partial charge in [-0.1, -0.05) is 18.2 Å². The summed E-state index contributed by atoms with van der Waals surface area (Å²) in [5.41, 5.74) is 5.19. The molecule has 0 unspecified atom stereocenters. The first kappa shape index (κ1) is 32.2. The molecule has 0 saturated heterocycles. The van der Waals surface area contributed by atoms with Crippen molar-refractivity contribution in [3.63, 3.8) is 0 Å². The molecular weight excluding hydrogens is 549 g/mol. The van der Waals surface area contributed by atoms with Gasteiger partial charge in [0.15, 0.2) is 0 Å². The first-order chi connectivity index (χ1) is 19.4. The molecule has 0 saturated carbocycles. The van der Waals surface area contributed by atoms with Crippen molar-refractivity contribution in [1.82, 2.24) is 15.4 Å². The number of anilines is 4. The van der Waals surface area contributed by atoms with Crippen molar-refractivity contribution in [1.29, 1.82) is 0 Å². The fraction of sp³-hybridized carbons (Fsp3) is 0.231. The van der Waals surface area contributed by atoms with E-state index in [1.807, 2.05) is 18.2 Å². The van der Waals surface area contributed by atoms with E-state index in [-0.39, 0.29) is 24.7 Å². The summed E-state index contributed by atoms with van der Waals surface area (Å²) in [7, 11) is 0. The number of benzene rings is 2. The zero-order valence-electron chi connectivity index (χ0n) is 21.7. The van der Waals surface area contributed by atoms with Gasteiger partial charge in [0.1, 0.15) is 0 Å². The summed E-state index contributed by atoms with van der Waals surface area (Å²) in [5.74, 6) is -3.12. The third kappa shape index (κ3) is 12.1. The summed E-state index contributed by atoms with van der Waals surface area (Å²) >= 11 is 0. The molecule has 3 rings (SSSR count). The van der Waals surface area contributed by atoms with Gasteiger partial charge >= 0.3 is 12.1 Å². The van der Waals surface area contributed by atoms with Gasteiger partial charge in [0.25, 0.3) is 0 Å². The van der Waals surface area contributed by atoms with Crippen molar-refractivity contribution in [3.05, 3.63) is 60.8 Å². The van der Waals surface area contributed by atoms with Crippen molar-refractivity contribution in [2.45, 2.75) is 38.8 Å². The molecule has 12 nitrogen and oxygen atoms in total. The van der Waals surface area contributed by atoms with Gasteiger partial charge in [-0.2, -0.15) is 13.2 Å². The molecule has 0 aliphatic carbocycles. The van der Waals surface area contributed by atoms with E-state index in [1.54, 1.807) is 48.1 Å². The zero-order valence-corrected chi connectivity index (χ0v) is 21.7. The number of carbonyl (C=O) groups is 4. The fourth-order valence-electron chi connectivity index (χ4n) is 3.16. The van der Waals surface area contributed by atoms with Crippen LogP contribution in [0, 0.1) is 0 Å². The third-order valence-corrected chi connectivity index (χ3v) is 4.98. The summed E-state index contributed by atoms with van der Waals surface area (Å²) in [6, 6.07) is 16.3. The monoisotopic (exact) mass is 576 g/mol. The molecule has 0 aliphatic rings. The number of amides is 3. The van der Waals surface area contributed by atoms with Crippen LogP contribution in [-0.4, -0.2) is 50.1 Å². The SMILES string of the molecule is CC(=O)Nc1ccc(-c2ccnc(Nc3cccc(NC(=O)CCCCC(=O)NO)c3)n2)cc1.O=C(O)C(F)(F)F. The van der Waals surface area contributed by atoms with E-state index in [1.165, 1.54) is 6.92 Å². The molecule has 0 atom stereocenters. The number of alkyl halides is 3. The van der Waals surface area contributed by atoms with E-state index in [0.29, 0.717) is 41.5 Å².